The van der Waals surface area contributed by atoms with E-state index in [0.717, 1.165) is 11.4 Å². The number of anilines is 2. The van der Waals surface area contributed by atoms with Gasteiger partial charge in [-0.05, 0) is 35.4 Å². The fourth-order valence-corrected chi connectivity index (χ4v) is 6.67. The monoisotopic (exact) mass is 510 g/mol. The van der Waals surface area contributed by atoms with Crippen LogP contribution in [0, 0.1) is 0 Å². The van der Waals surface area contributed by atoms with Gasteiger partial charge in [-0.2, -0.15) is 0 Å². The number of carbonyl (C=O) groups is 2. The van der Waals surface area contributed by atoms with Crippen molar-refractivity contribution in [2.24, 2.45) is 0 Å². The molecule has 2 atom stereocenters. The van der Waals surface area contributed by atoms with Gasteiger partial charge in [-0.3, -0.25) is 19.4 Å². The van der Waals surface area contributed by atoms with Crippen LogP contribution < -0.4 is 9.80 Å². The van der Waals surface area contributed by atoms with E-state index in [4.69, 9.17) is 0 Å². The lowest BCUT2D eigenvalue weighted by molar-refractivity contribution is -0.116. The van der Waals surface area contributed by atoms with Crippen molar-refractivity contribution in [3.63, 3.8) is 0 Å². The first-order chi connectivity index (χ1) is 17.7. The number of rotatable bonds is 4. The van der Waals surface area contributed by atoms with Gasteiger partial charge in [-0.25, -0.2) is 0 Å². The van der Waals surface area contributed by atoms with E-state index in [-0.39, 0.29) is 22.6 Å². The second-order valence-corrected chi connectivity index (χ2v) is 10.5. The summed E-state index contributed by atoms with van der Waals surface area (Å²) >= 11 is 3.37. The van der Waals surface area contributed by atoms with Crippen LogP contribution in [0.3, 0.4) is 0 Å². The molecule has 2 saturated heterocycles. The zero-order chi connectivity index (χ0) is 24.7. The van der Waals surface area contributed by atoms with Gasteiger partial charge in [0, 0.05) is 11.4 Å². The fraction of sp³-hybridized carbons (Fsp3) is 0.133. The Hall–Kier alpha value is -3.48. The molecule has 0 aromatic heterocycles. The van der Waals surface area contributed by atoms with Gasteiger partial charge in [0.1, 0.15) is 10.7 Å². The van der Waals surface area contributed by atoms with Crippen LogP contribution in [0.4, 0.5) is 11.4 Å². The van der Waals surface area contributed by atoms with Crippen LogP contribution in [0.1, 0.15) is 21.9 Å². The van der Waals surface area contributed by atoms with Crippen LogP contribution in [0.25, 0.3) is 0 Å². The summed E-state index contributed by atoms with van der Waals surface area (Å²) in [6.45, 7) is 0. The van der Waals surface area contributed by atoms with E-state index in [9.17, 15) is 9.59 Å². The lowest BCUT2D eigenvalue weighted by atomic mass is 10.2. The highest BCUT2D eigenvalue weighted by molar-refractivity contribution is 8.01. The molecule has 0 spiro atoms. The molecule has 180 valence electrons. The summed E-state index contributed by atoms with van der Waals surface area (Å²) in [5, 5.41) is 0.196. The average molecular weight is 511 g/mol. The first kappa shape index (κ1) is 24.2. The lowest BCUT2D eigenvalue weighted by Gasteiger charge is -2.24. The molecule has 6 rings (SSSR count). The molecule has 6 heteroatoms. The zero-order valence-corrected chi connectivity index (χ0v) is 21.3. The van der Waals surface area contributed by atoms with Gasteiger partial charge in [0.2, 0.25) is 11.8 Å². The smallest absolute Gasteiger partial charge is 0.238 e. The molecule has 0 saturated carbocycles. The Bertz CT molecular complexity index is 1180. The van der Waals surface area contributed by atoms with Crippen LogP contribution in [-0.2, 0) is 9.59 Å². The highest BCUT2D eigenvalue weighted by Gasteiger charge is 2.34. The van der Waals surface area contributed by atoms with Gasteiger partial charge in [0.15, 0.2) is 0 Å². The van der Waals surface area contributed by atoms with E-state index >= 15 is 0 Å². The quantitative estimate of drug-likeness (QED) is 0.298. The molecule has 36 heavy (non-hydrogen) atoms. The van der Waals surface area contributed by atoms with Crippen LogP contribution in [0.2, 0.25) is 0 Å². The molecular weight excluding hydrogens is 484 g/mol. The van der Waals surface area contributed by atoms with Gasteiger partial charge < -0.3 is 0 Å². The second-order valence-electron chi connectivity index (χ2n) is 8.35. The average Bonchev–Trinajstić information content (AvgIpc) is 3.53. The standard InChI is InChI=1S/2C15H13NOS/c2*17-14-11-18-15(12-7-3-1-4-8-12)16(14)13-9-5-2-6-10-13/h2*1-10,15H,11H2/t2*15-/m10/s1. The predicted octanol–water partition coefficient (Wildman–Crippen LogP) is 6.93. The molecule has 0 bridgehead atoms. The van der Waals surface area contributed by atoms with Crippen LogP contribution in [-0.4, -0.2) is 23.3 Å². The van der Waals surface area contributed by atoms with Crippen molar-refractivity contribution < 1.29 is 9.59 Å². The Kier molecular flexibility index (Phi) is 7.74. The number of hydrogen-bond acceptors (Lipinski definition) is 4. The highest BCUT2D eigenvalue weighted by atomic mass is 32.2. The highest BCUT2D eigenvalue weighted by Crippen LogP contribution is 2.42. The van der Waals surface area contributed by atoms with Crippen molar-refractivity contribution in [1.29, 1.82) is 0 Å². The minimum Gasteiger partial charge on any atom is -0.295 e. The fourth-order valence-electron chi connectivity index (χ4n) is 4.31. The summed E-state index contributed by atoms with van der Waals surface area (Å²) < 4.78 is 0. The first-order valence-electron chi connectivity index (χ1n) is 11.8. The number of amides is 2. The predicted molar refractivity (Wildman–Crippen MR) is 151 cm³/mol. The van der Waals surface area contributed by atoms with Gasteiger partial charge in [0.25, 0.3) is 0 Å². The summed E-state index contributed by atoms with van der Waals surface area (Å²) in [5.74, 6) is 1.46. The molecule has 0 aliphatic carbocycles. The molecule has 2 aliphatic rings. The van der Waals surface area contributed by atoms with E-state index in [1.54, 1.807) is 23.5 Å². The van der Waals surface area contributed by atoms with E-state index in [1.807, 2.05) is 107 Å². The Morgan fingerprint density at radius 2 is 0.778 bits per heavy atom. The van der Waals surface area contributed by atoms with E-state index in [1.165, 1.54) is 11.1 Å². The number of nitrogens with zero attached hydrogens (tertiary/aromatic N) is 2. The van der Waals surface area contributed by atoms with Crippen LogP contribution >= 0.6 is 23.5 Å². The lowest BCUT2D eigenvalue weighted by Crippen LogP contribution is -2.27. The van der Waals surface area contributed by atoms with Crippen LogP contribution in [0.15, 0.2) is 121 Å². The maximum absolute atomic E-state index is 12.1. The first-order valence-corrected chi connectivity index (χ1v) is 13.9. The summed E-state index contributed by atoms with van der Waals surface area (Å²) in [6.07, 6.45) is 0. The molecule has 2 aliphatic heterocycles. The summed E-state index contributed by atoms with van der Waals surface area (Å²) in [4.78, 5) is 27.9. The number of benzene rings is 4. The molecule has 2 amide bonds. The van der Waals surface area contributed by atoms with Crippen molar-refractivity contribution in [3.05, 3.63) is 132 Å². The Balaban J connectivity index is 0.000000148. The maximum Gasteiger partial charge on any atom is 0.238 e. The van der Waals surface area contributed by atoms with Crippen molar-refractivity contribution >= 4 is 46.7 Å². The molecule has 4 nitrogen and oxygen atoms in total. The van der Waals surface area contributed by atoms with Crippen LogP contribution in [0.5, 0.6) is 0 Å². The summed E-state index contributed by atoms with van der Waals surface area (Å²) in [6, 6.07) is 40.1. The van der Waals surface area contributed by atoms with Gasteiger partial charge in [0.05, 0.1) is 11.5 Å². The minimum absolute atomic E-state index is 0.0982. The molecular formula is C30H26N2O2S2. The van der Waals surface area contributed by atoms with Crippen molar-refractivity contribution in [2.45, 2.75) is 10.7 Å². The minimum atomic E-state index is 0.0982. The Morgan fingerprint density at radius 3 is 1.11 bits per heavy atom. The number of thioether (sulfide) groups is 2. The SMILES string of the molecule is O=C1CS[C@@H](c2ccccc2)N1c1ccccc1.O=C1CS[C@H](c2ccccc2)N1c1ccccc1. The van der Waals surface area contributed by atoms with Crippen molar-refractivity contribution in [2.75, 3.05) is 21.3 Å². The topological polar surface area (TPSA) is 40.6 Å². The third-order valence-corrected chi connectivity index (χ3v) is 8.40. The van der Waals surface area contributed by atoms with E-state index < -0.39 is 0 Å². The molecule has 2 heterocycles. The van der Waals surface area contributed by atoms with E-state index in [0.29, 0.717) is 11.5 Å². The summed E-state index contributed by atoms with van der Waals surface area (Å²) in [7, 11) is 0. The second kappa shape index (κ2) is 11.5. The van der Waals surface area contributed by atoms with Gasteiger partial charge in [-0.1, -0.05) is 97.1 Å². The summed E-state index contributed by atoms with van der Waals surface area (Å²) in [5.41, 5.74) is 4.30. The normalized spacial score (nSPS) is 19.2. The Morgan fingerprint density at radius 1 is 0.472 bits per heavy atom. The molecule has 0 N–H and O–H groups in total. The third kappa shape index (κ3) is 5.35. The third-order valence-electron chi connectivity index (χ3n) is 5.97. The number of para-hydroxylation sites is 2. The van der Waals surface area contributed by atoms with Gasteiger partial charge in [-0.15, -0.1) is 23.5 Å². The maximum atomic E-state index is 12.1. The molecule has 2 fully saturated rings. The van der Waals surface area contributed by atoms with Gasteiger partial charge >= 0.3 is 0 Å². The molecule has 0 unspecified atom stereocenters. The molecule has 0 radical (unpaired) electrons. The van der Waals surface area contributed by atoms with Crippen molar-refractivity contribution in [1.82, 2.24) is 0 Å². The molecule has 4 aromatic rings. The number of carbonyl (C=O) groups excluding carboxylic acids is 2. The largest absolute Gasteiger partial charge is 0.295 e. The number of hydrogen-bond donors (Lipinski definition) is 0. The molecule has 4 aromatic carbocycles. The van der Waals surface area contributed by atoms with E-state index in [2.05, 4.69) is 24.3 Å². The zero-order valence-electron chi connectivity index (χ0n) is 19.6. The Labute approximate surface area is 220 Å². The van der Waals surface area contributed by atoms with Crippen molar-refractivity contribution in [3.8, 4) is 0 Å².